The number of primary amides is 1. The van der Waals surface area contributed by atoms with Crippen LogP contribution in [0, 0.1) is 5.92 Å². The number of hydrogen-bond donors (Lipinski definition) is 1. The second-order valence-electron chi connectivity index (χ2n) is 6.69. The van der Waals surface area contributed by atoms with Gasteiger partial charge in [0.1, 0.15) is 6.33 Å². The van der Waals surface area contributed by atoms with Crippen LogP contribution in [-0.2, 0) is 4.79 Å². The zero-order valence-corrected chi connectivity index (χ0v) is 14.6. The predicted octanol–water partition coefficient (Wildman–Crippen LogP) is 1.86. The summed E-state index contributed by atoms with van der Waals surface area (Å²) in [4.78, 5) is 30.1. The van der Waals surface area contributed by atoms with Gasteiger partial charge in [0.25, 0.3) is 5.91 Å². The summed E-state index contributed by atoms with van der Waals surface area (Å²) < 4.78 is 1.85. The van der Waals surface area contributed by atoms with Crippen LogP contribution in [0.3, 0.4) is 0 Å². The summed E-state index contributed by atoms with van der Waals surface area (Å²) in [6, 6.07) is 7.56. The minimum Gasteiger partial charge on any atom is -0.369 e. The van der Waals surface area contributed by atoms with Crippen LogP contribution in [0.2, 0.25) is 0 Å². The molecule has 1 atom stereocenters. The first-order valence-electron chi connectivity index (χ1n) is 8.56. The predicted molar refractivity (Wildman–Crippen MR) is 93.7 cm³/mol. The van der Waals surface area contributed by atoms with Crippen molar-refractivity contribution < 1.29 is 9.59 Å². The highest BCUT2D eigenvalue weighted by Gasteiger charge is 2.27. The Hall–Kier alpha value is -2.70. The SMILES string of the molecule is CC(C)n1ncnc1-c1ccc(C(=O)N2CCCC(C(N)=O)C2)cc1. The first kappa shape index (κ1) is 17.1. The van der Waals surface area contributed by atoms with E-state index in [2.05, 4.69) is 10.1 Å². The smallest absolute Gasteiger partial charge is 0.253 e. The molecule has 0 aliphatic carbocycles. The van der Waals surface area contributed by atoms with Crippen LogP contribution < -0.4 is 5.73 Å². The monoisotopic (exact) mass is 341 g/mol. The van der Waals surface area contributed by atoms with Gasteiger partial charge in [0.15, 0.2) is 5.82 Å². The molecule has 2 aromatic rings. The molecule has 2 amide bonds. The molecule has 2 N–H and O–H groups in total. The average Bonchev–Trinajstić information content (AvgIpc) is 3.11. The van der Waals surface area contributed by atoms with E-state index in [9.17, 15) is 9.59 Å². The Balaban J connectivity index is 1.77. The quantitative estimate of drug-likeness (QED) is 0.918. The van der Waals surface area contributed by atoms with Gasteiger partial charge < -0.3 is 10.6 Å². The third-order valence-corrected chi connectivity index (χ3v) is 4.56. The van der Waals surface area contributed by atoms with E-state index in [0.29, 0.717) is 18.7 Å². The van der Waals surface area contributed by atoms with Crippen molar-refractivity contribution in [2.45, 2.75) is 32.7 Å². The van der Waals surface area contributed by atoms with E-state index in [-0.39, 0.29) is 23.8 Å². The number of rotatable bonds is 4. The number of nitrogens with zero attached hydrogens (tertiary/aromatic N) is 4. The summed E-state index contributed by atoms with van der Waals surface area (Å²) in [5.74, 6) is 0.131. The van der Waals surface area contributed by atoms with Crippen LogP contribution in [0.1, 0.15) is 43.1 Å². The number of hydrogen-bond acceptors (Lipinski definition) is 4. The highest BCUT2D eigenvalue weighted by atomic mass is 16.2. The molecule has 1 aliphatic heterocycles. The molecule has 1 aromatic heterocycles. The fraction of sp³-hybridized carbons (Fsp3) is 0.444. The maximum absolute atomic E-state index is 12.7. The van der Waals surface area contributed by atoms with Crippen LogP contribution in [0.25, 0.3) is 11.4 Å². The molecule has 1 aromatic carbocycles. The number of aromatic nitrogens is 3. The maximum atomic E-state index is 12.7. The van der Waals surface area contributed by atoms with Crippen LogP contribution in [-0.4, -0.2) is 44.6 Å². The lowest BCUT2D eigenvalue weighted by atomic mass is 9.97. The number of nitrogens with two attached hydrogens (primary N) is 1. The lowest BCUT2D eigenvalue weighted by Crippen LogP contribution is -2.44. The van der Waals surface area contributed by atoms with Crippen LogP contribution in [0.15, 0.2) is 30.6 Å². The van der Waals surface area contributed by atoms with E-state index in [4.69, 9.17) is 5.73 Å². The number of carbonyl (C=O) groups excluding carboxylic acids is 2. The summed E-state index contributed by atoms with van der Waals surface area (Å²) in [5.41, 5.74) is 6.90. The lowest BCUT2D eigenvalue weighted by molar-refractivity contribution is -0.123. The zero-order valence-electron chi connectivity index (χ0n) is 14.6. The molecule has 0 saturated carbocycles. The summed E-state index contributed by atoms with van der Waals surface area (Å²) in [5, 5.41) is 4.23. The van der Waals surface area contributed by atoms with Crippen molar-refractivity contribution in [1.82, 2.24) is 19.7 Å². The summed E-state index contributed by atoms with van der Waals surface area (Å²) >= 11 is 0. The largest absolute Gasteiger partial charge is 0.369 e. The molecule has 7 heteroatoms. The number of piperidine rings is 1. The van der Waals surface area contributed by atoms with Gasteiger partial charge in [-0.15, -0.1) is 0 Å². The molecule has 1 fully saturated rings. The van der Waals surface area contributed by atoms with Crippen LogP contribution in [0.5, 0.6) is 0 Å². The number of carbonyl (C=O) groups is 2. The molecular formula is C18H23N5O2. The highest BCUT2D eigenvalue weighted by molar-refractivity contribution is 5.95. The average molecular weight is 341 g/mol. The van der Waals surface area contributed by atoms with Gasteiger partial charge in [-0.2, -0.15) is 5.10 Å². The molecule has 1 aliphatic rings. The minimum absolute atomic E-state index is 0.0668. The van der Waals surface area contributed by atoms with Crippen molar-refractivity contribution in [2.75, 3.05) is 13.1 Å². The fourth-order valence-electron chi connectivity index (χ4n) is 3.17. The Labute approximate surface area is 146 Å². The van der Waals surface area contributed by atoms with Gasteiger partial charge in [-0.05, 0) is 38.8 Å². The van der Waals surface area contributed by atoms with Crippen molar-refractivity contribution >= 4 is 11.8 Å². The van der Waals surface area contributed by atoms with E-state index in [1.54, 1.807) is 17.0 Å². The lowest BCUT2D eigenvalue weighted by Gasteiger charge is -2.31. The van der Waals surface area contributed by atoms with E-state index in [1.807, 2.05) is 30.7 Å². The molecule has 0 bridgehead atoms. The molecule has 1 unspecified atom stereocenters. The Morgan fingerprint density at radius 1 is 1.24 bits per heavy atom. The van der Waals surface area contributed by atoms with Gasteiger partial charge in [-0.1, -0.05) is 12.1 Å². The van der Waals surface area contributed by atoms with Gasteiger partial charge in [-0.3, -0.25) is 9.59 Å². The maximum Gasteiger partial charge on any atom is 0.253 e. The van der Waals surface area contributed by atoms with E-state index in [1.165, 1.54) is 6.33 Å². The zero-order chi connectivity index (χ0) is 18.0. The minimum atomic E-state index is -0.333. The van der Waals surface area contributed by atoms with E-state index in [0.717, 1.165) is 24.2 Å². The van der Waals surface area contributed by atoms with Crippen molar-refractivity contribution in [3.63, 3.8) is 0 Å². The van der Waals surface area contributed by atoms with Crippen LogP contribution in [0.4, 0.5) is 0 Å². The van der Waals surface area contributed by atoms with Crippen molar-refractivity contribution in [1.29, 1.82) is 0 Å². The number of benzene rings is 1. The first-order valence-corrected chi connectivity index (χ1v) is 8.56. The van der Waals surface area contributed by atoms with Crippen molar-refractivity contribution in [3.8, 4) is 11.4 Å². The Bertz CT molecular complexity index is 766. The molecule has 2 heterocycles. The van der Waals surface area contributed by atoms with Crippen molar-refractivity contribution in [3.05, 3.63) is 36.2 Å². The normalized spacial score (nSPS) is 17.7. The molecule has 0 spiro atoms. The van der Waals surface area contributed by atoms with E-state index < -0.39 is 0 Å². The molecule has 132 valence electrons. The van der Waals surface area contributed by atoms with Gasteiger partial charge in [0.2, 0.25) is 5.91 Å². The molecule has 1 saturated heterocycles. The summed E-state index contributed by atoms with van der Waals surface area (Å²) in [7, 11) is 0. The van der Waals surface area contributed by atoms with Gasteiger partial charge in [-0.25, -0.2) is 9.67 Å². The molecule has 7 nitrogen and oxygen atoms in total. The Morgan fingerprint density at radius 2 is 1.96 bits per heavy atom. The fourth-order valence-corrected chi connectivity index (χ4v) is 3.17. The van der Waals surface area contributed by atoms with Crippen molar-refractivity contribution in [2.24, 2.45) is 11.7 Å². The third kappa shape index (κ3) is 3.55. The van der Waals surface area contributed by atoms with E-state index >= 15 is 0 Å². The highest BCUT2D eigenvalue weighted by Crippen LogP contribution is 2.22. The third-order valence-electron chi connectivity index (χ3n) is 4.56. The number of amides is 2. The number of likely N-dealkylation sites (tertiary alicyclic amines) is 1. The standard InChI is InChI=1S/C18H23N5O2/c1-12(2)23-17(20-11-21-23)13-5-7-14(8-6-13)18(25)22-9-3-4-15(10-22)16(19)24/h5-8,11-12,15H,3-4,9-10H2,1-2H3,(H2,19,24). The Kier molecular flexibility index (Phi) is 4.83. The molecule has 3 rings (SSSR count). The van der Waals surface area contributed by atoms with Crippen LogP contribution >= 0.6 is 0 Å². The van der Waals surface area contributed by atoms with Gasteiger partial charge in [0.05, 0.1) is 5.92 Å². The molecular weight excluding hydrogens is 318 g/mol. The first-order chi connectivity index (χ1) is 12.0. The summed E-state index contributed by atoms with van der Waals surface area (Å²) in [6.45, 7) is 5.15. The molecule has 25 heavy (non-hydrogen) atoms. The topological polar surface area (TPSA) is 94.1 Å². The second kappa shape index (κ2) is 7.04. The van der Waals surface area contributed by atoms with Gasteiger partial charge >= 0.3 is 0 Å². The second-order valence-corrected chi connectivity index (χ2v) is 6.69. The summed E-state index contributed by atoms with van der Waals surface area (Å²) in [6.07, 6.45) is 3.09. The Morgan fingerprint density at radius 3 is 2.60 bits per heavy atom. The van der Waals surface area contributed by atoms with Gasteiger partial charge in [0, 0.05) is 30.3 Å². The molecule has 0 radical (unpaired) electrons.